The lowest BCUT2D eigenvalue weighted by Crippen LogP contribution is -2.34. The topological polar surface area (TPSA) is 38.3 Å². The largest absolute Gasteiger partial charge is 0.344 e. The van der Waals surface area contributed by atoms with Crippen molar-refractivity contribution in [2.45, 2.75) is 30.0 Å². The van der Waals surface area contributed by atoms with E-state index < -0.39 is 0 Å². The summed E-state index contributed by atoms with van der Waals surface area (Å²) >= 11 is 3.43. The highest BCUT2D eigenvalue weighted by molar-refractivity contribution is 9.09. The third-order valence-corrected chi connectivity index (χ3v) is 2.86. The van der Waals surface area contributed by atoms with Crippen molar-refractivity contribution in [3.8, 4) is 0 Å². The van der Waals surface area contributed by atoms with E-state index in [1.165, 1.54) is 0 Å². The molecule has 0 aliphatic carbocycles. The van der Waals surface area contributed by atoms with Crippen LogP contribution in [-0.4, -0.2) is 23.1 Å². The Labute approximate surface area is 67.2 Å². The molecule has 0 aromatic carbocycles. The highest BCUT2D eigenvalue weighted by atomic mass is 79.9. The zero-order valence-corrected chi connectivity index (χ0v) is 6.93. The van der Waals surface area contributed by atoms with Crippen LogP contribution >= 0.6 is 15.9 Å². The van der Waals surface area contributed by atoms with Crippen LogP contribution in [0.4, 0.5) is 0 Å². The Balaban J connectivity index is 2.15. The van der Waals surface area contributed by atoms with Crippen molar-refractivity contribution in [1.82, 2.24) is 5.32 Å². The van der Waals surface area contributed by atoms with Gasteiger partial charge in [0.15, 0.2) is 0 Å². The number of carbonyl (C=O) groups is 1. The molecule has 2 rings (SSSR count). The van der Waals surface area contributed by atoms with Crippen LogP contribution in [-0.2, 0) is 9.53 Å². The smallest absolute Gasteiger partial charge is 0.251 e. The molecule has 0 radical (unpaired) electrons. The van der Waals surface area contributed by atoms with Gasteiger partial charge in [0.2, 0.25) is 0 Å². The Morgan fingerprint density at radius 2 is 2.40 bits per heavy atom. The maximum atomic E-state index is 10.9. The second-order valence-corrected chi connectivity index (χ2v) is 3.82. The number of amides is 1. The SMILES string of the molecule is O=C1NC2OC1CCC2Br. The molecule has 3 nitrogen and oxygen atoms in total. The van der Waals surface area contributed by atoms with Gasteiger partial charge in [-0.25, -0.2) is 0 Å². The first kappa shape index (κ1) is 6.61. The van der Waals surface area contributed by atoms with Crippen LogP contribution in [0.1, 0.15) is 12.8 Å². The fourth-order valence-corrected chi connectivity index (χ4v) is 1.86. The first-order chi connectivity index (χ1) is 4.77. The number of rotatable bonds is 0. The molecule has 4 heteroatoms. The fraction of sp³-hybridized carbons (Fsp3) is 0.833. The average Bonchev–Trinajstić information content (AvgIpc) is 2.21. The monoisotopic (exact) mass is 205 g/mol. The molecule has 0 saturated carbocycles. The van der Waals surface area contributed by atoms with Crippen LogP contribution < -0.4 is 5.32 Å². The summed E-state index contributed by atoms with van der Waals surface area (Å²) in [4.78, 5) is 11.2. The van der Waals surface area contributed by atoms with E-state index in [2.05, 4.69) is 21.2 Å². The van der Waals surface area contributed by atoms with Crippen molar-refractivity contribution in [3.63, 3.8) is 0 Å². The molecule has 10 heavy (non-hydrogen) atoms. The third kappa shape index (κ3) is 0.864. The lowest BCUT2D eigenvalue weighted by atomic mass is 10.1. The number of hydrogen-bond donors (Lipinski definition) is 1. The molecule has 2 aliphatic rings. The summed E-state index contributed by atoms with van der Waals surface area (Å²) < 4.78 is 5.31. The van der Waals surface area contributed by atoms with Gasteiger partial charge in [0.05, 0.1) is 4.83 Å². The minimum absolute atomic E-state index is 0.0481. The zero-order chi connectivity index (χ0) is 7.14. The van der Waals surface area contributed by atoms with Crippen molar-refractivity contribution in [1.29, 1.82) is 0 Å². The van der Waals surface area contributed by atoms with Crippen molar-refractivity contribution in [2.24, 2.45) is 0 Å². The van der Waals surface area contributed by atoms with Crippen LogP contribution in [0.15, 0.2) is 0 Å². The minimum Gasteiger partial charge on any atom is -0.344 e. The summed E-state index contributed by atoms with van der Waals surface area (Å²) in [6.07, 6.45) is 1.62. The predicted molar refractivity (Wildman–Crippen MR) is 38.8 cm³/mol. The van der Waals surface area contributed by atoms with Crippen LogP contribution in [0.2, 0.25) is 0 Å². The number of alkyl halides is 1. The quantitative estimate of drug-likeness (QED) is 0.582. The number of nitrogens with one attached hydrogen (secondary N) is 1. The van der Waals surface area contributed by atoms with Crippen molar-refractivity contribution < 1.29 is 9.53 Å². The third-order valence-electron chi connectivity index (χ3n) is 1.92. The molecule has 1 N–H and O–H groups in total. The molecule has 0 spiro atoms. The minimum atomic E-state index is -0.168. The first-order valence-corrected chi connectivity index (χ1v) is 4.29. The summed E-state index contributed by atoms with van der Waals surface area (Å²) in [5, 5.41) is 2.76. The van der Waals surface area contributed by atoms with Crippen LogP contribution in [0.25, 0.3) is 0 Å². The lowest BCUT2D eigenvalue weighted by Gasteiger charge is -2.22. The van der Waals surface area contributed by atoms with Crippen molar-refractivity contribution in [3.05, 3.63) is 0 Å². The second-order valence-electron chi connectivity index (χ2n) is 2.65. The second kappa shape index (κ2) is 2.20. The van der Waals surface area contributed by atoms with Gasteiger partial charge in [-0.05, 0) is 12.8 Å². The highest BCUT2D eigenvalue weighted by Gasteiger charge is 2.40. The van der Waals surface area contributed by atoms with Gasteiger partial charge in [0.25, 0.3) is 5.91 Å². The van der Waals surface area contributed by atoms with Gasteiger partial charge in [0, 0.05) is 0 Å². The van der Waals surface area contributed by atoms with Gasteiger partial charge in [-0.2, -0.15) is 0 Å². The van der Waals surface area contributed by atoms with Gasteiger partial charge in [0.1, 0.15) is 12.3 Å². The van der Waals surface area contributed by atoms with E-state index in [1.54, 1.807) is 0 Å². The Kier molecular flexibility index (Phi) is 1.46. The van der Waals surface area contributed by atoms with Gasteiger partial charge >= 0.3 is 0 Å². The molecule has 2 fully saturated rings. The maximum Gasteiger partial charge on any atom is 0.251 e. The van der Waals surface area contributed by atoms with Crippen molar-refractivity contribution >= 4 is 21.8 Å². The molecule has 3 unspecified atom stereocenters. The molecular weight excluding hydrogens is 198 g/mol. The summed E-state index contributed by atoms with van der Waals surface area (Å²) in [6.45, 7) is 0. The number of carbonyl (C=O) groups excluding carboxylic acids is 1. The van der Waals surface area contributed by atoms with E-state index in [0.717, 1.165) is 12.8 Å². The number of hydrogen-bond acceptors (Lipinski definition) is 2. The van der Waals surface area contributed by atoms with E-state index in [1.807, 2.05) is 0 Å². The molecule has 56 valence electrons. The van der Waals surface area contributed by atoms with Gasteiger partial charge in [-0.15, -0.1) is 0 Å². The van der Waals surface area contributed by atoms with Gasteiger partial charge in [-0.3, -0.25) is 4.79 Å². The van der Waals surface area contributed by atoms with E-state index >= 15 is 0 Å². The van der Waals surface area contributed by atoms with Crippen LogP contribution in [0, 0.1) is 0 Å². The predicted octanol–water partition coefficient (Wildman–Crippen LogP) is 0.385. The highest BCUT2D eigenvalue weighted by Crippen LogP contribution is 2.28. The van der Waals surface area contributed by atoms with Crippen LogP contribution in [0.5, 0.6) is 0 Å². The molecule has 2 saturated heterocycles. The molecule has 3 atom stereocenters. The molecule has 0 aromatic heterocycles. The van der Waals surface area contributed by atoms with Gasteiger partial charge < -0.3 is 10.1 Å². The standard InChI is InChI=1S/C6H8BrNO2/c7-3-1-2-4-5(9)8-6(3)10-4/h3-4,6H,1-2H2,(H,8,9). The van der Waals surface area contributed by atoms with E-state index in [-0.39, 0.29) is 18.2 Å². The number of ether oxygens (including phenoxy) is 1. The molecule has 1 amide bonds. The first-order valence-electron chi connectivity index (χ1n) is 3.37. The van der Waals surface area contributed by atoms with E-state index in [9.17, 15) is 4.79 Å². The Morgan fingerprint density at radius 3 is 3.10 bits per heavy atom. The molecular formula is C6H8BrNO2. The van der Waals surface area contributed by atoms with E-state index in [0.29, 0.717) is 4.83 Å². The lowest BCUT2D eigenvalue weighted by molar-refractivity contribution is -0.124. The average molecular weight is 206 g/mol. The number of fused-ring (bicyclic) bond motifs is 2. The fourth-order valence-electron chi connectivity index (χ4n) is 1.34. The van der Waals surface area contributed by atoms with Crippen molar-refractivity contribution in [2.75, 3.05) is 0 Å². The summed E-state index contributed by atoms with van der Waals surface area (Å²) in [6, 6.07) is 0. The summed E-state index contributed by atoms with van der Waals surface area (Å²) in [5.41, 5.74) is 0. The normalized spacial score (nSPS) is 45.3. The molecule has 2 aliphatic heterocycles. The van der Waals surface area contributed by atoms with Gasteiger partial charge in [-0.1, -0.05) is 15.9 Å². The zero-order valence-electron chi connectivity index (χ0n) is 5.34. The Bertz CT molecular complexity index is 173. The maximum absolute atomic E-state index is 10.9. The summed E-state index contributed by atoms with van der Waals surface area (Å²) in [7, 11) is 0. The number of halogens is 1. The molecule has 2 heterocycles. The van der Waals surface area contributed by atoms with Crippen LogP contribution in [0.3, 0.4) is 0 Å². The van der Waals surface area contributed by atoms with E-state index in [4.69, 9.17) is 4.74 Å². The summed E-state index contributed by atoms with van der Waals surface area (Å²) in [5.74, 6) is 0.0481. The Hall–Kier alpha value is -0.0900. The Morgan fingerprint density at radius 1 is 1.60 bits per heavy atom. The molecule has 2 bridgehead atoms. The molecule has 0 aromatic rings.